The van der Waals surface area contributed by atoms with Crippen LogP contribution >= 0.6 is 0 Å². The second kappa shape index (κ2) is 2.54. The average Bonchev–Trinajstić information content (AvgIpc) is 2.28. The van der Waals surface area contributed by atoms with Crippen molar-refractivity contribution >= 4 is 0 Å². The van der Waals surface area contributed by atoms with Gasteiger partial charge in [0.1, 0.15) is 5.82 Å². The second-order valence-corrected chi connectivity index (χ2v) is 3.16. The third kappa shape index (κ3) is 1.02. The lowest BCUT2D eigenvalue weighted by Crippen LogP contribution is -2.24. The zero-order chi connectivity index (χ0) is 8.72. The first-order valence-electron chi connectivity index (χ1n) is 3.90. The van der Waals surface area contributed by atoms with Crippen LogP contribution in [0, 0.1) is 5.82 Å². The maximum absolute atomic E-state index is 12.7. The highest BCUT2D eigenvalue weighted by molar-refractivity contribution is 5.36. The minimum Gasteiger partial charge on any atom is -0.387 e. The molecule has 0 spiro atoms. The Balaban J connectivity index is 2.47. The van der Waals surface area contributed by atoms with E-state index in [1.54, 1.807) is 6.07 Å². The molecular weight excluding hydrogens is 157 g/mol. The SMILES string of the molecule is N[C@@H]1Cc2cc(F)ccc2[C@@H]1O. The molecule has 1 aliphatic carbocycles. The molecule has 0 aromatic heterocycles. The molecule has 2 atom stereocenters. The third-order valence-electron chi connectivity index (χ3n) is 2.28. The number of aliphatic hydroxyl groups is 1. The molecule has 0 radical (unpaired) electrons. The van der Waals surface area contributed by atoms with E-state index in [4.69, 9.17) is 5.73 Å². The van der Waals surface area contributed by atoms with E-state index in [-0.39, 0.29) is 11.9 Å². The lowest BCUT2D eigenvalue weighted by atomic mass is 10.1. The molecule has 0 aliphatic heterocycles. The first-order valence-corrected chi connectivity index (χ1v) is 3.90. The fourth-order valence-corrected chi connectivity index (χ4v) is 1.64. The molecule has 0 bridgehead atoms. The molecule has 2 nitrogen and oxygen atoms in total. The topological polar surface area (TPSA) is 46.2 Å². The number of aliphatic hydroxyl groups excluding tert-OH is 1. The van der Waals surface area contributed by atoms with Gasteiger partial charge in [-0.15, -0.1) is 0 Å². The molecule has 64 valence electrons. The van der Waals surface area contributed by atoms with Gasteiger partial charge in [0.25, 0.3) is 0 Å². The van der Waals surface area contributed by atoms with Crippen LogP contribution in [0.25, 0.3) is 0 Å². The normalized spacial score (nSPS) is 27.2. The molecule has 0 unspecified atom stereocenters. The monoisotopic (exact) mass is 167 g/mol. The average molecular weight is 167 g/mol. The van der Waals surface area contributed by atoms with Crippen molar-refractivity contribution in [2.24, 2.45) is 5.73 Å². The minimum absolute atomic E-state index is 0.268. The summed E-state index contributed by atoms with van der Waals surface area (Å²) in [6.07, 6.45) is -0.0607. The molecule has 0 amide bonds. The highest BCUT2D eigenvalue weighted by Gasteiger charge is 2.27. The van der Waals surface area contributed by atoms with Gasteiger partial charge in [-0.05, 0) is 29.7 Å². The molecule has 0 fully saturated rings. The van der Waals surface area contributed by atoms with Crippen LogP contribution in [0.3, 0.4) is 0 Å². The minimum atomic E-state index is -0.624. The molecule has 0 saturated carbocycles. The number of fused-ring (bicyclic) bond motifs is 1. The summed E-state index contributed by atoms with van der Waals surface area (Å²) in [5.74, 6) is -0.268. The molecule has 3 N–H and O–H groups in total. The van der Waals surface area contributed by atoms with Gasteiger partial charge < -0.3 is 10.8 Å². The van der Waals surface area contributed by atoms with Crippen molar-refractivity contribution in [3.05, 3.63) is 35.1 Å². The smallest absolute Gasteiger partial charge is 0.123 e. The van der Waals surface area contributed by atoms with Crippen molar-refractivity contribution in [1.82, 2.24) is 0 Å². The predicted molar refractivity (Wildman–Crippen MR) is 43.0 cm³/mol. The van der Waals surface area contributed by atoms with Crippen molar-refractivity contribution < 1.29 is 9.50 Å². The standard InChI is InChI=1S/C9H10FNO/c10-6-1-2-7-5(3-6)4-8(11)9(7)12/h1-3,8-9,12H,4,11H2/t8-,9+/m1/s1. The summed E-state index contributed by atoms with van der Waals surface area (Å²) in [6, 6.07) is 4.11. The third-order valence-corrected chi connectivity index (χ3v) is 2.28. The summed E-state index contributed by atoms with van der Waals surface area (Å²) in [6.45, 7) is 0. The lowest BCUT2D eigenvalue weighted by Gasteiger charge is -2.07. The van der Waals surface area contributed by atoms with Gasteiger partial charge in [-0.3, -0.25) is 0 Å². The van der Waals surface area contributed by atoms with Crippen molar-refractivity contribution in [1.29, 1.82) is 0 Å². The van der Waals surface area contributed by atoms with Crippen LogP contribution in [0.4, 0.5) is 4.39 Å². The number of nitrogens with two attached hydrogens (primary N) is 1. The molecule has 2 rings (SSSR count). The van der Waals surface area contributed by atoms with Crippen molar-refractivity contribution in [2.45, 2.75) is 18.6 Å². The number of hydrogen-bond donors (Lipinski definition) is 2. The van der Waals surface area contributed by atoms with Gasteiger partial charge in [0, 0.05) is 6.04 Å². The van der Waals surface area contributed by atoms with Crippen LogP contribution in [0.2, 0.25) is 0 Å². The molecule has 0 saturated heterocycles. The predicted octanol–water partition coefficient (Wildman–Crippen LogP) is 0.743. The van der Waals surface area contributed by atoms with E-state index >= 15 is 0 Å². The van der Waals surface area contributed by atoms with Gasteiger partial charge in [-0.1, -0.05) is 6.07 Å². The molecule has 0 heterocycles. The van der Waals surface area contributed by atoms with Crippen LogP contribution in [0.1, 0.15) is 17.2 Å². The number of benzene rings is 1. The van der Waals surface area contributed by atoms with Crippen LogP contribution in [0.5, 0.6) is 0 Å². The zero-order valence-electron chi connectivity index (χ0n) is 6.50. The quantitative estimate of drug-likeness (QED) is 0.598. The van der Waals surface area contributed by atoms with E-state index in [0.29, 0.717) is 6.42 Å². The van der Waals surface area contributed by atoms with Gasteiger partial charge in [0.2, 0.25) is 0 Å². The maximum Gasteiger partial charge on any atom is 0.123 e. The van der Waals surface area contributed by atoms with Crippen molar-refractivity contribution in [3.63, 3.8) is 0 Å². The molecular formula is C9H10FNO. The van der Waals surface area contributed by atoms with E-state index in [2.05, 4.69) is 0 Å². The summed E-state index contributed by atoms with van der Waals surface area (Å²) in [7, 11) is 0. The van der Waals surface area contributed by atoms with Gasteiger partial charge in [0.15, 0.2) is 0 Å². The molecule has 12 heavy (non-hydrogen) atoms. The summed E-state index contributed by atoms with van der Waals surface area (Å²) in [5, 5.41) is 9.49. The van der Waals surface area contributed by atoms with Crippen molar-refractivity contribution in [2.75, 3.05) is 0 Å². The Morgan fingerprint density at radius 1 is 1.50 bits per heavy atom. The van der Waals surface area contributed by atoms with Crippen molar-refractivity contribution in [3.8, 4) is 0 Å². The van der Waals surface area contributed by atoms with Crippen LogP contribution in [-0.4, -0.2) is 11.1 Å². The first-order chi connectivity index (χ1) is 5.68. The van der Waals surface area contributed by atoms with Crippen LogP contribution in [-0.2, 0) is 6.42 Å². The highest BCUT2D eigenvalue weighted by Crippen LogP contribution is 2.30. The lowest BCUT2D eigenvalue weighted by molar-refractivity contribution is 0.159. The fourth-order valence-electron chi connectivity index (χ4n) is 1.64. The second-order valence-electron chi connectivity index (χ2n) is 3.16. The number of rotatable bonds is 0. The summed E-state index contributed by atoms with van der Waals surface area (Å²) in [5.41, 5.74) is 7.20. The van der Waals surface area contributed by atoms with Crippen LogP contribution < -0.4 is 5.73 Å². The molecule has 3 heteroatoms. The van der Waals surface area contributed by atoms with E-state index in [1.807, 2.05) is 0 Å². The number of hydrogen-bond acceptors (Lipinski definition) is 2. The first kappa shape index (κ1) is 7.71. The Kier molecular flexibility index (Phi) is 1.63. The fraction of sp³-hybridized carbons (Fsp3) is 0.333. The van der Waals surface area contributed by atoms with Gasteiger partial charge in [-0.25, -0.2) is 4.39 Å². The van der Waals surface area contributed by atoms with E-state index in [0.717, 1.165) is 11.1 Å². The number of halogens is 1. The van der Waals surface area contributed by atoms with E-state index < -0.39 is 6.10 Å². The van der Waals surface area contributed by atoms with Crippen LogP contribution in [0.15, 0.2) is 18.2 Å². The Hall–Kier alpha value is -0.930. The Labute approximate surface area is 69.8 Å². The van der Waals surface area contributed by atoms with E-state index in [1.165, 1.54) is 12.1 Å². The molecule has 1 aromatic rings. The van der Waals surface area contributed by atoms with Gasteiger partial charge in [0.05, 0.1) is 6.10 Å². The van der Waals surface area contributed by atoms with E-state index in [9.17, 15) is 9.50 Å². The Bertz CT molecular complexity index is 313. The highest BCUT2D eigenvalue weighted by atomic mass is 19.1. The maximum atomic E-state index is 12.7. The summed E-state index contributed by atoms with van der Waals surface area (Å²) < 4.78 is 12.7. The summed E-state index contributed by atoms with van der Waals surface area (Å²) >= 11 is 0. The zero-order valence-corrected chi connectivity index (χ0v) is 6.50. The largest absolute Gasteiger partial charge is 0.387 e. The molecule has 1 aromatic carbocycles. The molecule has 1 aliphatic rings. The van der Waals surface area contributed by atoms with Gasteiger partial charge in [-0.2, -0.15) is 0 Å². The Morgan fingerprint density at radius 3 is 3.00 bits per heavy atom. The Morgan fingerprint density at radius 2 is 2.25 bits per heavy atom. The summed E-state index contributed by atoms with van der Waals surface area (Å²) in [4.78, 5) is 0. The van der Waals surface area contributed by atoms with Gasteiger partial charge >= 0.3 is 0 Å².